The summed E-state index contributed by atoms with van der Waals surface area (Å²) >= 11 is 0. The molecule has 0 aliphatic rings. The van der Waals surface area contributed by atoms with Crippen molar-refractivity contribution in [3.63, 3.8) is 0 Å². The van der Waals surface area contributed by atoms with Crippen LogP contribution in [0.3, 0.4) is 0 Å². The summed E-state index contributed by atoms with van der Waals surface area (Å²) in [4.78, 5) is 24.9. The van der Waals surface area contributed by atoms with Gasteiger partial charge in [0.2, 0.25) is 5.75 Å². The lowest BCUT2D eigenvalue weighted by atomic mass is 9.81. The highest BCUT2D eigenvalue weighted by atomic mass is 16.6. The number of aliphatic hydroxyl groups is 1. The minimum absolute atomic E-state index is 0.198. The topological polar surface area (TPSA) is 139 Å². The van der Waals surface area contributed by atoms with Gasteiger partial charge in [-0.2, -0.15) is 0 Å². The number of aliphatic imine (C=N–C) groups is 1. The predicted molar refractivity (Wildman–Crippen MR) is 114 cm³/mol. The van der Waals surface area contributed by atoms with E-state index in [-0.39, 0.29) is 5.56 Å². The van der Waals surface area contributed by atoms with Crippen molar-refractivity contribution in [2.45, 2.75) is 18.6 Å². The molecule has 0 unspecified atom stereocenters. The quantitative estimate of drug-likeness (QED) is 0.336. The third-order valence-electron chi connectivity index (χ3n) is 4.98. The fraction of sp³-hybridized carbons (Fsp3) is 0.136. The lowest BCUT2D eigenvalue weighted by Gasteiger charge is -2.33. The van der Waals surface area contributed by atoms with E-state index in [4.69, 9.17) is 0 Å². The van der Waals surface area contributed by atoms with Gasteiger partial charge in [-0.15, -0.1) is 0 Å². The normalized spacial score (nSPS) is 12.6. The molecule has 158 valence electrons. The molecule has 0 aliphatic carbocycles. The van der Waals surface area contributed by atoms with E-state index >= 15 is 0 Å². The summed E-state index contributed by atoms with van der Waals surface area (Å²) in [6.07, 6.45) is 1.09. The van der Waals surface area contributed by atoms with Crippen LogP contribution in [-0.4, -0.2) is 32.3 Å². The molecule has 3 aromatic carbocycles. The molecule has 1 atom stereocenters. The first kappa shape index (κ1) is 21.6. The van der Waals surface area contributed by atoms with Crippen molar-refractivity contribution in [3.8, 4) is 5.75 Å². The SMILES string of the molecule is C[C@@H](N=Cc1cc([N+](=O)[O-])cc([N+](=O)[O-])c1O)C(O)(c1ccccc1)c1ccccc1. The summed E-state index contributed by atoms with van der Waals surface area (Å²) in [5.41, 5.74) is -1.97. The van der Waals surface area contributed by atoms with E-state index in [1.165, 1.54) is 0 Å². The number of rotatable bonds is 7. The van der Waals surface area contributed by atoms with Gasteiger partial charge < -0.3 is 10.2 Å². The summed E-state index contributed by atoms with van der Waals surface area (Å²) in [5, 5.41) is 44.1. The van der Waals surface area contributed by atoms with Gasteiger partial charge in [0.1, 0.15) is 5.60 Å². The fourth-order valence-electron chi connectivity index (χ4n) is 3.30. The Morgan fingerprint density at radius 2 is 1.45 bits per heavy atom. The minimum atomic E-state index is -1.55. The lowest BCUT2D eigenvalue weighted by molar-refractivity contribution is -0.394. The van der Waals surface area contributed by atoms with E-state index < -0.39 is 38.6 Å². The standard InChI is InChI=1S/C22H19N3O6/c1-15(22(27,17-8-4-2-5-9-17)18-10-6-3-7-11-18)23-14-16-12-19(24(28)29)13-20(21(16)26)25(30)31/h2-15,26-27H,1H3/t15-/m1/s1. The maximum absolute atomic E-state index is 11.7. The molecule has 0 radical (unpaired) electrons. The minimum Gasteiger partial charge on any atom is -0.502 e. The average Bonchev–Trinajstić information content (AvgIpc) is 2.78. The van der Waals surface area contributed by atoms with Gasteiger partial charge in [-0.1, -0.05) is 60.7 Å². The Kier molecular flexibility index (Phi) is 6.07. The second-order valence-corrected chi connectivity index (χ2v) is 6.87. The second-order valence-electron chi connectivity index (χ2n) is 6.87. The molecule has 0 saturated heterocycles. The fourth-order valence-corrected chi connectivity index (χ4v) is 3.30. The molecule has 0 fully saturated rings. The van der Waals surface area contributed by atoms with Crippen molar-refractivity contribution < 1.29 is 20.1 Å². The van der Waals surface area contributed by atoms with Gasteiger partial charge in [-0.05, 0) is 18.1 Å². The van der Waals surface area contributed by atoms with Crippen LogP contribution in [0.5, 0.6) is 5.75 Å². The van der Waals surface area contributed by atoms with Crippen LogP contribution in [0.4, 0.5) is 11.4 Å². The molecule has 2 N–H and O–H groups in total. The third-order valence-corrected chi connectivity index (χ3v) is 4.98. The monoisotopic (exact) mass is 421 g/mol. The summed E-state index contributed by atoms with van der Waals surface area (Å²) < 4.78 is 0. The Hall–Kier alpha value is -4.11. The highest BCUT2D eigenvalue weighted by Crippen LogP contribution is 2.36. The zero-order chi connectivity index (χ0) is 22.6. The van der Waals surface area contributed by atoms with E-state index in [0.717, 1.165) is 12.3 Å². The number of phenolic OH excluding ortho intramolecular Hbond substituents is 1. The van der Waals surface area contributed by atoms with Crippen molar-refractivity contribution in [2.24, 2.45) is 4.99 Å². The van der Waals surface area contributed by atoms with Gasteiger partial charge in [0.15, 0.2) is 0 Å². The summed E-state index contributed by atoms with van der Waals surface area (Å²) in [6, 6.07) is 18.5. The Morgan fingerprint density at radius 3 is 1.90 bits per heavy atom. The summed E-state index contributed by atoms with van der Waals surface area (Å²) in [5.74, 6) is -0.741. The first-order chi connectivity index (χ1) is 14.7. The highest BCUT2D eigenvalue weighted by molar-refractivity contribution is 5.87. The zero-order valence-corrected chi connectivity index (χ0v) is 16.5. The maximum Gasteiger partial charge on any atom is 0.318 e. The first-order valence-corrected chi connectivity index (χ1v) is 9.27. The molecule has 9 heteroatoms. The number of non-ortho nitro benzene ring substituents is 1. The molecule has 0 aromatic heterocycles. The molecule has 3 rings (SSSR count). The molecule has 9 nitrogen and oxygen atoms in total. The largest absolute Gasteiger partial charge is 0.502 e. The number of hydrogen-bond acceptors (Lipinski definition) is 7. The number of nitrogens with zero attached hydrogens (tertiary/aromatic N) is 3. The molecule has 0 heterocycles. The van der Waals surface area contributed by atoms with Crippen molar-refractivity contribution in [1.82, 2.24) is 0 Å². The highest BCUT2D eigenvalue weighted by Gasteiger charge is 2.37. The van der Waals surface area contributed by atoms with Gasteiger partial charge in [-0.25, -0.2) is 0 Å². The molecule has 0 spiro atoms. The Balaban J connectivity index is 2.08. The maximum atomic E-state index is 11.7. The van der Waals surface area contributed by atoms with Crippen LogP contribution in [0.15, 0.2) is 77.8 Å². The Morgan fingerprint density at radius 1 is 0.935 bits per heavy atom. The zero-order valence-electron chi connectivity index (χ0n) is 16.5. The number of nitro groups is 2. The lowest BCUT2D eigenvalue weighted by Crippen LogP contribution is -2.38. The van der Waals surface area contributed by atoms with E-state index in [0.29, 0.717) is 17.2 Å². The number of hydrogen-bond donors (Lipinski definition) is 2. The number of phenols is 1. The molecule has 0 aliphatic heterocycles. The smallest absolute Gasteiger partial charge is 0.318 e. The Bertz CT molecular complexity index is 1090. The second kappa shape index (κ2) is 8.72. The molecule has 0 saturated carbocycles. The van der Waals surface area contributed by atoms with Crippen molar-refractivity contribution in [2.75, 3.05) is 0 Å². The molecule has 0 amide bonds. The predicted octanol–water partition coefficient (Wildman–Crippen LogP) is 3.95. The summed E-state index contributed by atoms with van der Waals surface area (Å²) in [6.45, 7) is 1.64. The van der Waals surface area contributed by atoms with E-state index in [2.05, 4.69) is 4.99 Å². The van der Waals surface area contributed by atoms with Gasteiger partial charge in [0.05, 0.1) is 22.0 Å². The Labute approximate surface area is 177 Å². The molecular formula is C22H19N3O6. The van der Waals surface area contributed by atoms with Gasteiger partial charge in [-0.3, -0.25) is 25.2 Å². The molecule has 3 aromatic rings. The average molecular weight is 421 g/mol. The van der Waals surface area contributed by atoms with Gasteiger partial charge >= 0.3 is 5.69 Å². The molecule has 31 heavy (non-hydrogen) atoms. The van der Waals surface area contributed by atoms with Crippen LogP contribution in [-0.2, 0) is 5.60 Å². The van der Waals surface area contributed by atoms with E-state index in [1.807, 2.05) is 12.1 Å². The van der Waals surface area contributed by atoms with Crippen LogP contribution in [0, 0.1) is 20.2 Å². The van der Waals surface area contributed by atoms with Crippen molar-refractivity contribution >= 4 is 17.6 Å². The van der Waals surface area contributed by atoms with E-state index in [1.54, 1.807) is 55.5 Å². The summed E-state index contributed by atoms with van der Waals surface area (Å²) in [7, 11) is 0. The van der Waals surface area contributed by atoms with Gasteiger partial charge in [0, 0.05) is 17.8 Å². The number of aromatic hydroxyl groups is 1. The molecule has 0 bridgehead atoms. The van der Waals surface area contributed by atoms with Gasteiger partial charge in [0.25, 0.3) is 5.69 Å². The van der Waals surface area contributed by atoms with Crippen LogP contribution >= 0.6 is 0 Å². The van der Waals surface area contributed by atoms with Crippen LogP contribution < -0.4 is 0 Å². The van der Waals surface area contributed by atoms with Crippen molar-refractivity contribution in [1.29, 1.82) is 0 Å². The third kappa shape index (κ3) is 4.26. The number of benzene rings is 3. The number of nitro benzene ring substituents is 2. The van der Waals surface area contributed by atoms with Crippen molar-refractivity contribution in [3.05, 3.63) is 110 Å². The van der Waals surface area contributed by atoms with Crippen LogP contribution in [0.2, 0.25) is 0 Å². The first-order valence-electron chi connectivity index (χ1n) is 9.27. The van der Waals surface area contributed by atoms with Crippen LogP contribution in [0.25, 0.3) is 0 Å². The van der Waals surface area contributed by atoms with E-state index in [9.17, 15) is 30.4 Å². The van der Waals surface area contributed by atoms with Crippen LogP contribution in [0.1, 0.15) is 23.6 Å². The molecular weight excluding hydrogens is 402 g/mol.